The molecule has 3 unspecified atom stereocenters. The maximum atomic E-state index is 13.4. The highest BCUT2D eigenvalue weighted by molar-refractivity contribution is 5.96. The van der Waals surface area contributed by atoms with Crippen LogP contribution < -0.4 is 21.3 Å². The lowest BCUT2D eigenvalue weighted by Gasteiger charge is -2.34. The zero-order valence-electron chi connectivity index (χ0n) is 19.3. The van der Waals surface area contributed by atoms with E-state index in [0.29, 0.717) is 5.56 Å². The molecule has 0 heterocycles. The number of hydrogen-bond donors (Lipinski definition) is 4. The summed E-state index contributed by atoms with van der Waals surface area (Å²) in [7, 11) is 0. The van der Waals surface area contributed by atoms with E-state index in [4.69, 9.17) is 10.5 Å². The molecule has 1 fully saturated rings. The molecule has 0 aliphatic heterocycles. The molecule has 0 saturated heterocycles. The largest absolute Gasteiger partial charge is 0.341 e. The first-order valence-corrected chi connectivity index (χ1v) is 11.4. The number of nitriles is 2. The number of nitrogens with one attached hydrogen (secondary N) is 4. The van der Waals surface area contributed by atoms with Crippen molar-refractivity contribution in [1.82, 2.24) is 21.3 Å². The van der Waals surface area contributed by atoms with Gasteiger partial charge in [-0.25, -0.2) is 4.79 Å². The van der Waals surface area contributed by atoms with Gasteiger partial charge in [0, 0.05) is 12.0 Å². The van der Waals surface area contributed by atoms with Gasteiger partial charge in [0.15, 0.2) is 11.6 Å². The van der Waals surface area contributed by atoms with Crippen LogP contribution in [-0.4, -0.2) is 37.0 Å². The van der Waals surface area contributed by atoms with Crippen LogP contribution in [0.3, 0.4) is 0 Å². The molecule has 0 bridgehead atoms. The van der Waals surface area contributed by atoms with E-state index in [1.807, 2.05) is 60.7 Å². The van der Waals surface area contributed by atoms with Gasteiger partial charge in [-0.05, 0) is 34.4 Å². The van der Waals surface area contributed by atoms with E-state index in [-0.39, 0.29) is 18.5 Å². The van der Waals surface area contributed by atoms with E-state index in [1.54, 1.807) is 18.2 Å². The van der Waals surface area contributed by atoms with E-state index in [1.165, 1.54) is 6.07 Å². The molecule has 9 nitrogen and oxygen atoms in total. The Morgan fingerprint density at radius 3 is 2.36 bits per heavy atom. The number of urea groups is 1. The SMILES string of the molecule is N#CCNC(=O)C(CNC(=O)C#N)(NC(=O)NC1CC1c1ccccc1)c1ccc2ccccc2c1. The molecule has 3 aromatic rings. The minimum absolute atomic E-state index is 0.113. The minimum atomic E-state index is -1.78. The van der Waals surface area contributed by atoms with Gasteiger partial charge in [0.05, 0.1) is 12.6 Å². The molecule has 1 saturated carbocycles. The summed E-state index contributed by atoms with van der Waals surface area (Å²) >= 11 is 0. The van der Waals surface area contributed by atoms with Crippen molar-refractivity contribution in [3.05, 3.63) is 83.9 Å². The number of amides is 4. The molecule has 4 N–H and O–H groups in total. The van der Waals surface area contributed by atoms with Crippen molar-refractivity contribution in [2.45, 2.75) is 23.9 Å². The topological polar surface area (TPSA) is 147 Å². The maximum Gasteiger partial charge on any atom is 0.322 e. The summed E-state index contributed by atoms with van der Waals surface area (Å²) in [5, 5.41) is 30.3. The lowest BCUT2D eigenvalue weighted by molar-refractivity contribution is -0.127. The summed E-state index contributed by atoms with van der Waals surface area (Å²) in [5.41, 5.74) is -0.286. The summed E-state index contributed by atoms with van der Waals surface area (Å²) < 4.78 is 0. The lowest BCUT2D eigenvalue weighted by Crippen LogP contribution is -2.63. The molecule has 4 rings (SSSR count). The van der Waals surface area contributed by atoms with Gasteiger partial charge in [-0.1, -0.05) is 66.7 Å². The summed E-state index contributed by atoms with van der Waals surface area (Å²) in [6.07, 6.45) is 0.756. The zero-order valence-corrected chi connectivity index (χ0v) is 19.3. The smallest absolute Gasteiger partial charge is 0.322 e. The van der Waals surface area contributed by atoms with Crippen LogP contribution in [0, 0.1) is 22.7 Å². The molecular weight excluding hydrogens is 456 g/mol. The van der Waals surface area contributed by atoms with Gasteiger partial charge in [0.1, 0.15) is 6.54 Å². The third kappa shape index (κ3) is 5.26. The molecule has 36 heavy (non-hydrogen) atoms. The Bertz CT molecular complexity index is 1380. The van der Waals surface area contributed by atoms with Crippen molar-refractivity contribution in [2.75, 3.05) is 13.1 Å². The maximum absolute atomic E-state index is 13.4. The van der Waals surface area contributed by atoms with E-state index in [0.717, 1.165) is 22.8 Å². The molecule has 1 aliphatic carbocycles. The highest BCUT2D eigenvalue weighted by Crippen LogP contribution is 2.40. The number of nitrogens with zero attached hydrogens (tertiary/aromatic N) is 2. The van der Waals surface area contributed by atoms with E-state index >= 15 is 0 Å². The van der Waals surface area contributed by atoms with Gasteiger partial charge < -0.3 is 21.3 Å². The number of fused-ring (bicyclic) bond motifs is 1. The van der Waals surface area contributed by atoms with Gasteiger partial charge in [-0.3, -0.25) is 9.59 Å². The molecule has 9 heteroatoms. The molecule has 180 valence electrons. The number of hydrogen-bond acceptors (Lipinski definition) is 5. The second-order valence-electron chi connectivity index (χ2n) is 8.56. The van der Waals surface area contributed by atoms with Crippen molar-refractivity contribution in [1.29, 1.82) is 10.5 Å². The van der Waals surface area contributed by atoms with E-state index < -0.39 is 29.9 Å². The summed E-state index contributed by atoms with van der Waals surface area (Å²) in [4.78, 5) is 38.4. The fraction of sp³-hybridized carbons (Fsp3) is 0.222. The van der Waals surface area contributed by atoms with Crippen LogP contribution >= 0.6 is 0 Å². The molecule has 1 aliphatic rings. The Hall–Kier alpha value is -4.89. The fourth-order valence-corrected chi connectivity index (χ4v) is 4.29. The highest BCUT2D eigenvalue weighted by Gasteiger charge is 2.45. The second kappa shape index (κ2) is 10.6. The Labute approximate surface area is 208 Å². The van der Waals surface area contributed by atoms with Crippen LogP contribution in [0.25, 0.3) is 10.8 Å². The Kier molecular flexibility index (Phi) is 7.12. The van der Waals surface area contributed by atoms with Gasteiger partial charge in [0.2, 0.25) is 0 Å². The molecule has 3 atom stereocenters. The van der Waals surface area contributed by atoms with Crippen LogP contribution in [0.4, 0.5) is 4.79 Å². The van der Waals surface area contributed by atoms with Gasteiger partial charge in [-0.15, -0.1) is 0 Å². The Morgan fingerprint density at radius 1 is 0.917 bits per heavy atom. The van der Waals surface area contributed by atoms with Crippen LogP contribution in [0.2, 0.25) is 0 Å². The molecular formula is C27H24N6O3. The highest BCUT2D eigenvalue weighted by atomic mass is 16.2. The van der Waals surface area contributed by atoms with Crippen LogP contribution in [0.1, 0.15) is 23.5 Å². The van der Waals surface area contributed by atoms with Gasteiger partial charge in [0.25, 0.3) is 5.91 Å². The zero-order chi connectivity index (χ0) is 25.5. The lowest BCUT2D eigenvalue weighted by atomic mass is 9.87. The average molecular weight is 481 g/mol. The van der Waals surface area contributed by atoms with E-state index in [2.05, 4.69) is 21.3 Å². The van der Waals surface area contributed by atoms with Crippen molar-refractivity contribution in [3.8, 4) is 12.1 Å². The quantitative estimate of drug-likeness (QED) is 0.288. The van der Waals surface area contributed by atoms with Crippen LogP contribution in [-0.2, 0) is 15.1 Å². The molecule has 0 spiro atoms. The first-order chi connectivity index (χ1) is 17.5. The fourth-order valence-electron chi connectivity index (χ4n) is 4.29. The summed E-state index contributed by atoms with van der Waals surface area (Å²) in [6.45, 7) is -0.697. The first-order valence-electron chi connectivity index (χ1n) is 11.4. The molecule has 4 amide bonds. The third-order valence-corrected chi connectivity index (χ3v) is 6.24. The Morgan fingerprint density at radius 2 is 1.64 bits per heavy atom. The van der Waals surface area contributed by atoms with Crippen molar-refractivity contribution >= 4 is 28.6 Å². The second-order valence-corrected chi connectivity index (χ2v) is 8.56. The molecule has 3 aromatic carbocycles. The van der Waals surface area contributed by atoms with Crippen LogP contribution in [0.15, 0.2) is 72.8 Å². The number of benzene rings is 3. The monoisotopic (exact) mass is 480 g/mol. The predicted octanol–water partition coefficient (Wildman–Crippen LogP) is 2.17. The summed E-state index contributed by atoms with van der Waals surface area (Å²) in [5.74, 6) is -1.48. The minimum Gasteiger partial charge on any atom is -0.341 e. The first kappa shape index (κ1) is 24.2. The third-order valence-electron chi connectivity index (χ3n) is 6.24. The average Bonchev–Trinajstić information content (AvgIpc) is 3.68. The van der Waals surface area contributed by atoms with Crippen molar-refractivity contribution in [3.63, 3.8) is 0 Å². The van der Waals surface area contributed by atoms with Crippen LogP contribution in [0.5, 0.6) is 0 Å². The normalized spacial score (nSPS) is 17.5. The number of carbonyl (C=O) groups is 3. The predicted molar refractivity (Wildman–Crippen MR) is 132 cm³/mol. The number of carbonyl (C=O) groups excluding carboxylic acids is 3. The van der Waals surface area contributed by atoms with Gasteiger partial charge in [-0.2, -0.15) is 10.5 Å². The van der Waals surface area contributed by atoms with Gasteiger partial charge >= 0.3 is 11.9 Å². The Balaban J connectivity index is 1.66. The standard InChI is InChI=1S/C27H24N6O3/c28-12-13-30-25(35)27(17-31-24(34)16-29,21-11-10-18-6-4-5-9-20(18)14-21)33-26(36)32-23-15-22(23)19-7-2-1-3-8-19/h1-11,14,22-23H,13,15,17H2,(H,30,35)(H,31,34)(H2,32,33,36). The number of rotatable bonds is 8. The molecule has 0 aromatic heterocycles. The van der Waals surface area contributed by atoms with Crippen molar-refractivity contribution in [2.24, 2.45) is 0 Å². The summed E-state index contributed by atoms with van der Waals surface area (Å²) in [6, 6.07) is 25.1. The molecule has 0 radical (unpaired) electrons. The van der Waals surface area contributed by atoms with Crippen molar-refractivity contribution < 1.29 is 14.4 Å². The van der Waals surface area contributed by atoms with E-state index in [9.17, 15) is 14.4 Å².